The molecule has 0 saturated carbocycles. The largest absolute Gasteiger partial charge is 0.389 e. The number of hydrogen-bond donors (Lipinski definition) is 1. The van der Waals surface area contributed by atoms with E-state index in [0.717, 1.165) is 18.4 Å². The van der Waals surface area contributed by atoms with Crippen LogP contribution in [0.15, 0.2) is 36.4 Å². The van der Waals surface area contributed by atoms with Crippen molar-refractivity contribution in [2.24, 2.45) is 0 Å². The molecule has 0 bridgehead atoms. The Morgan fingerprint density at radius 2 is 1.93 bits per heavy atom. The average Bonchev–Trinajstić information content (AvgIpc) is 2.28. The van der Waals surface area contributed by atoms with Crippen molar-refractivity contribution in [1.82, 2.24) is 0 Å². The van der Waals surface area contributed by atoms with Gasteiger partial charge in [-0.3, -0.25) is 0 Å². The Bertz CT molecular complexity index is 277. The fourth-order valence-corrected chi connectivity index (χ4v) is 1.49. The number of hydrogen-bond acceptors (Lipinski definition) is 1. The second kappa shape index (κ2) is 7.24. The highest BCUT2D eigenvalue weighted by Crippen LogP contribution is 2.07. The summed E-state index contributed by atoms with van der Waals surface area (Å²) in [6.07, 6.45) is 7.96. The van der Waals surface area contributed by atoms with Gasteiger partial charge in [-0.2, -0.15) is 0 Å². The van der Waals surface area contributed by atoms with Gasteiger partial charge in [0.15, 0.2) is 0 Å². The van der Waals surface area contributed by atoms with E-state index >= 15 is 0 Å². The van der Waals surface area contributed by atoms with E-state index in [9.17, 15) is 5.11 Å². The summed E-state index contributed by atoms with van der Waals surface area (Å²) in [5, 5.41) is 9.65. The summed E-state index contributed by atoms with van der Waals surface area (Å²) in [6.45, 7) is 2.17. The number of unbranched alkanes of at least 4 members (excludes halogenated alkanes) is 2. The monoisotopic (exact) mass is 204 g/mol. The first-order valence-corrected chi connectivity index (χ1v) is 5.74. The fraction of sp³-hybridized carbons (Fsp3) is 0.429. The Hall–Kier alpha value is -1.08. The van der Waals surface area contributed by atoms with E-state index in [2.05, 4.69) is 6.92 Å². The van der Waals surface area contributed by atoms with Gasteiger partial charge >= 0.3 is 0 Å². The van der Waals surface area contributed by atoms with Crippen molar-refractivity contribution < 1.29 is 5.11 Å². The minimum Gasteiger partial charge on any atom is -0.389 e. The number of benzene rings is 1. The van der Waals surface area contributed by atoms with Crippen molar-refractivity contribution in [1.29, 1.82) is 0 Å². The van der Waals surface area contributed by atoms with E-state index in [4.69, 9.17) is 0 Å². The first-order valence-electron chi connectivity index (χ1n) is 5.74. The van der Waals surface area contributed by atoms with Crippen LogP contribution in [0.4, 0.5) is 0 Å². The van der Waals surface area contributed by atoms with Crippen LogP contribution in [-0.2, 0) is 0 Å². The Kier molecular flexibility index (Phi) is 5.79. The van der Waals surface area contributed by atoms with Gasteiger partial charge in [0.2, 0.25) is 0 Å². The van der Waals surface area contributed by atoms with Gasteiger partial charge in [0.1, 0.15) is 0 Å². The second-order valence-electron chi connectivity index (χ2n) is 3.83. The molecule has 1 atom stereocenters. The summed E-state index contributed by atoms with van der Waals surface area (Å²) >= 11 is 0. The van der Waals surface area contributed by atoms with Crippen molar-refractivity contribution in [3.63, 3.8) is 0 Å². The molecule has 15 heavy (non-hydrogen) atoms. The third kappa shape index (κ3) is 5.38. The van der Waals surface area contributed by atoms with Gasteiger partial charge < -0.3 is 5.11 Å². The lowest BCUT2D eigenvalue weighted by Crippen LogP contribution is -2.00. The van der Waals surface area contributed by atoms with Crippen LogP contribution in [0.1, 0.15) is 38.2 Å². The zero-order valence-electron chi connectivity index (χ0n) is 9.39. The third-order valence-electron chi connectivity index (χ3n) is 2.41. The minimum absolute atomic E-state index is 0.295. The highest BCUT2D eigenvalue weighted by atomic mass is 16.3. The lowest BCUT2D eigenvalue weighted by molar-refractivity contribution is 0.209. The summed E-state index contributed by atoms with van der Waals surface area (Å²) in [7, 11) is 0. The van der Waals surface area contributed by atoms with Gasteiger partial charge in [-0.1, -0.05) is 68.7 Å². The zero-order valence-corrected chi connectivity index (χ0v) is 9.39. The predicted molar refractivity (Wildman–Crippen MR) is 65.6 cm³/mol. The van der Waals surface area contributed by atoms with E-state index in [0.29, 0.717) is 0 Å². The van der Waals surface area contributed by atoms with Gasteiger partial charge in [0.05, 0.1) is 6.10 Å². The van der Waals surface area contributed by atoms with Crippen molar-refractivity contribution >= 4 is 6.08 Å². The molecule has 0 saturated heterocycles. The van der Waals surface area contributed by atoms with Gasteiger partial charge in [0.25, 0.3) is 0 Å². The van der Waals surface area contributed by atoms with Gasteiger partial charge in [-0.25, -0.2) is 0 Å². The molecule has 0 heterocycles. The summed E-state index contributed by atoms with van der Waals surface area (Å²) in [5.41, 5.74) is 1.15. The molecule has 0 radical (unpaired) electrons. The van der Waals surface area contributed by atoms with Crippen LogP contribution in [0.2, 0.25) is 0 Å². The van der Waals surface area contributed by atoms with Crippen LogP contribution in [-0.4, -0.2) is 11.2 Å². The molecule has 1 unspecified atom stereocenters. The van der Waals surface area contributed by atoms with Crippen LogP contribution < -0.4 is 0 Å². The summed E-state index contributed by atoms with van der Waals surface area (Å²) in [4.78, 5) is 0. The lowest BCUT2D eigenvalue weighted by Gasteiger charge is -2.03. The number of aliphatic hydroxyl groups excluding tert-OH is 1. The van der Waals surface area contributed by atoms with Crippen molar-refractivity contribution in [2.45, 2.75) is 38.7 Å². The normalized spacial score (nSPS) is 13.2. The topological polar surface area (TPSA) is 20.2 Å². The Balaban J connectivity index is 2.31. The van der Waals surface area contributed by atoms with Crippen molar-refractivity contribution in [2.75, 3.05) is 0 Å². The Morgan fingerprint density at radius 3 is 2.60 bits per heavy atom. The van der Waals surface area contributed by atoms with Gasteiger partial charge in [-0.15, -0.1) is 0 Å². The van der Waals surface area contributed by atoms with Crippen molar-refractivity contribution in [3.05, 3.63) is 42.0 Å². The van der Waals surface area contributed by atoms with Crippen LogP contribution in [0, 0.1) is 0 Å². The third-order valence-corrected chi connectivity index (χ3v) is 2.41. The molecule has 1 aromatic carbocycles. The maximum atomic E-state index is 9.65. The zero-order chi connectivity index (χ0) is 10.9. The van der Waals surface area contributed by atoms with E-state index in [1.165, 1.54) is 12.8 Å². The highest BCUT2D eigenvalue weighted by Gasteiger charge is 1.97. The molecule has 82 valence electrons. The van der Waals surface area contributed by atoms with Crippen LogP contribution in [0.5, 0.6) is 0 Å². The molecular weight excluding hydrogens is 184 g/mol. The summed E-state index contributed by atoms with van der Waals surface area (Å²) in [6, 6.07) is 10.1. The maximum absolute atomic E-state index is 9.65. The molecule has 0 aliphatic carbocycles. The average molecular weight is 204 g/mol. The van der Waals surface area contributed by atoms with Crippen LogP contribution in [0.25, 0.3) is 6.08 Å². The molecule has 0 amide bonds. The summed E-state index contributed by atoms with van der Waals surface area (Å²) in [5.74, 6) is 0. The van der Waals surface area contributed by atoms with E-state index in [1.54, 1.807) is 0 Å². The maximum Gasteiger partial charge on any atom is 0.0724 e. The highest BCUT2D eigenvalue weighted by molar-refractivity contribution is 5.49. The Labute approximate surface area is 92.5 Å². The molecular formula is C14H20O. The molecule has 1 heteroatoms. The molecule has 0 aliphatic heterocycles. The fourth-order valence-electron chi connectivity index (χ4n) is 1.49. The molecule has 0 spiro atoms. The first kappa shape index (κ1) is 12.0. The second-order valence-corrected chi connectivity index (χ2v) is 3.83. The molecule has 1 rings (SSSR count). The lowest BCUT2D eigenvalue weighted by atomic mass is 10.1. The van der Waals surface area contributed by atoms with Gasteiger partial charge in [-0.05, 0) is 12.0 Å². The van der Waals surface area contributed by atoms with Crippen LogP contribution >= 0.6 is 0 Å². The summed E-state index contributed by atoms with van der Waals surface area (Å²) < 4.78 is 0. The SMILES string of the molecule is CCCCCC(O)/C=C/c1ccccc1. The number of rotatable bonds is 6. The first-order chi connectivity index (χ1) is 7.33. The molecule has 1 N–H and O–H groups in total. The smallest absolute Gasteiger partial charge is 0.0724 e. The molecule has 0 aromatic heterocycles. The van der Waals surface area contributed by atoms with Crippen molar-refractivity contribution in [3.8, 4) is 0 Å². The standard InChI is InChI=1S/C14H20O/c1-2-3-5-10-14(15)12-11-13-8-6-4-7-9-13/h4,6-9,11-12,14-15H,2-3,5,10H2,1H3/b12-11+. The van der Waals surface area contributed by atoms with E-state index < -0.39 is 0 Å². The van der Waals surface area contributed by atoms with Gasteiger partial charge in [0, 0.05) is 0 Å². The van der Waals surface area contributed by atoms with Crippen LogP contribution in [0.3, 0.4) is 0 Å². The predicted octanol–water partition coefficient (Wildman–Crippen LogP) is 3.64. The number of aliphatic hydroxyl groups is 1. The minimum atomic E-state index is -0.295. The van der Waals surface area contributed by atoms with E-state index in [1.807, 2.05) is 42.5 Å². The molecule has 1 aromatic rings. The quantitative estimate of drug-likeness (QED) is 0.701. The molecule has 1 nitrogen and oxygen atoms in total. The molecule has 0 aliphatic rings. The Morgan fingerprint density at radius 1 is 1.20 bits per heavy atom. The van der Waals surface area contributed by atoms with E-state index in [-0.39, 0.29) is 6.10 Å². The molecule has 0 fully saturated rings.